The third kappa shape index (κ3) is 6.19. The van der Waals surface area contributed by atoms with E-state index in [1.165, 1.54) is 12.1 Å². The van der Waals surface area contributed by atoms with Gasteiger partial charge < -0.3 is 16.0 Å². The number of rotatable bonds is 5. The predicted molar refractivity (Wildman–Crippen MR) is 71.3 cm³/mol. The molecule has 1 aromatic rings. The van der Waals surface area contributed by atoms with E-state index in [9.17, 15) is 13.2 Å². The molecular weight excluding hydrogens is 539 g/mol. The molecule has 1 rings (SSSR count). The van der Waals surface area contributed by atoms with Crippen molar-refractivity contribution >= 4 is 16.0 Å². The monoisotopic (exact) mass is 556 g/mol. The van der Waals surface area contributed by atoms with Crippen LogP contribution in [0.3, 0.4) is 0 Å². The molecule has 0 aliphatic heterocycles. The summed E-state index contributed by atoms with van der Waals surface area (Å²) in [5, 5.41) is 0. The molecule has 1 atom stereocenters. The van der Waals surface area contributed by atoms with Crippen molar-refractivity contribution in [2.75, 3.05) is 6.61 Å². The van der Waals surface area contributed by atoms with Gasteiger partial charge in [-0.3, -0.25) is 11.8 Å². The summed E-state index contributed by atoms with van der Waals surface area (Å²) in [6, 6.07) is 5.04. The molecule has 0 aliphatic rings. The van der Waals surface area contributed by atoms with Gasteiger partial charge in [0.05, 0.1) is 11.5 Å². The van der Waals surface area contributed by atoms with E-state index in [1.807, 2.05) is 6.92 Å². The molecule has 0 N–H and O–H groups in total. The summed E-state index contributed by atoms with van der Waals surface area (Å²) in [6.45, 7) is 7.11. The molecule has 1 radical (unpaired) electrons. The maximum absolute atomic E-state index is 12.2. The third-order valence-electron chi connectivity index (χ3n) is 2.53. The fourth-order valence-electron chi connectivity index (χ4n) is 1.37. The smallest absolute Gasteiger partial charge is 0.467 e. The van der Waals surface area contributed by atoms with Gasteiger partial charge in [0.15, 0.2) is 0 Å². The summed E-state index contributed by atoms with van der Waals surface area (Å²) >= 11 is 0. The number of nitrogens with zero attached hydrogens (tertiary/aromatic N) is 1. The number of sulfonamides is 1. The van der Waals surface area contributed by atoms with E-state index in [0.29, 0.717) is 4.31 Å². The Kier molecular flexibility index (Phi) is 11.5. The van der Waals surface area contributed by atoms with E-state index < -0.39 is 22.0 Å². The first-order valence-corrected chi connectivity index (χ1v) is 7.16. The van der Waals surface area contributed by atoms with Gasteiger partial charge in [0.25, 0.3) is 5.97 Å². The van der Waals surface area contributed by atoms with E-state index in [-0.39, 0.29) is 65.3 Å². The number of carbonyl (C=O) groups excluding carboxylic acids is 1. The van der Waals surface area contributed by atoms with Crippen LogP contribution in [0, 0.1) is 20.9 Å². The van der Waals surface area contributed by atoms with Crippen LogP contribution in [-0.4, -0.2) is 31.3 Å². The van der Waals surface area contributed by atoms with Crippen molar-refractivity contribution < 1.29 is 71.7 Å². The van der Waals surface area contributed by atoms with Crippen molar-refractivity contribution in [2.24, 2.45) is 0 Å². The first kappa shape index (κ1) is 23.7. The summed E-state index contributed by atoms with van der Waals surface area (Å²) < 4.78 is 29.8. The molecule has 5 nitrogen and oxygen atoms in total. The van der Waals surface area contributed by atoms with E-state index in [0.717, 1.165) is 5.56 Å². The van der Waals surface area contributed by atoms with Crippen LogP contribution in [0.25, 0.3) is 0 Å². The van der Waals surface area contributed by atoms with E-state index in [2.05, 4.69) is 14.0 Å². The minimum absolute atomic E-state index is 0. The minimum Gasteiger partial charge on any atom is -0.467 e. The number of carbonyl (C=O) groups is 1. The van der Waals surface area contributed by atoms with Crippen LogP contribution >= 0.6 is 0 Å². The van der Waals surface area contributed by atoms with Crippen LogP contribution in [0.15, 0.2) is 29.2 Å². The maximum atomic E-state index is 12.2. The Hall–Kier alpha value is 0.392. The van der Waals surface area contributed by atoms with Crippen LogP contribution in [0.4, 0.5) is 0 Å². The second-order valence-electron chi connectivity index (χ2n) is 3.97. The number of esters is 1. The zero-order valence-corrected chi connectivity index (χ0v) is 18.6. The molecule has 0 saturated carbocycles. The number of benzene rings is 1. The molecule has 0 fully saturated rings. The molecular formula is C13H17NO4SWY. The van der Waals surface area contributed by atoms with Crippen molar-refractivity contribution in [3.63, 3.8) is 0 Å². The average Bonchev–Trinajstić information content (AvgIpc) is 2.37. The number of aryl methyl sites for hydroxylation is 1. The maximum Gasteiger partial charge on any atom is 2.00 e. The number of ether oxygens (including phenoxy) is 1. The Morgan fingerprint density at radius 1 is 1.33 bits per heavy atom. The molecule has 113 valence electrons. The van der Waals surface area contributed by atoms with Crippen LogP contribution < -0.4 is 0 Å². The molecule has 0 amide bonds. The van der Waals surface area contributed by atoms with Gasteiger partial charge in [0.1, 0.15) is 0 Å². The molecule has 1 aromatic carbocycles. The molecule has 0 bridgehead atoms. The molecule has 0 aromatic heterocycles. The number of hydrogen-bond acceptors (Lipinski definition) is 4. The van der Waals surface area contributed by atoms with Gasteiger partial charge in [-0.1, -0.05) is 17.7 Å². The van der Waals surface area contributed by atoms with Crippen molar-refractivity contribution in [1.82, 2.24) is 4.31 Å². The standard InChI is InChI=1S/C13H17NO4S.W.Y/c1-5-18-13(15)11(3)14(4)19(16,17)12-8-6-10(2)7-9-12;;/h6-9,11H,3-5H2,1-2H3;;/q-2;+2;. The predicted octanol–water partition coefficient (Wildman–Crippen LogP) is 1.54. The summed E-state index contributed by atoms with van der Waals surface area (Å²) in [5.41, 5.74) is 0.936. The molecule has 0 heterocycles. The molecule has 1 unspecified atom stereocenters. The number of hydrogen-bond donors (Lipinski definition) is 0. The second-order valence-corrected chi connectivity index (χ2v) is 5.86. The third-order valence-corrected chi connectivity index (χ3v) is 4.27. The van der Waals surface area contributed by atoms with Crippen molar-refractivity contribution in [3.05, 3.63) is 43.8 Å². The van der Waals surface area contributed by atoms with E-state index >= 15 is 0 Å². The fraction of sp³-hybridized carbons (Fsp3) is 0.308. The normalized spacial score (nSPS) is 12.0. The second kappa shape index (κ2) is 10.2. The van der Waals surface area contributed by atoms with Gasteiger partial charge in [0.2, 0.25) is 10.0 Å². The van der Waals surface area contributed by atoms with Gasteiger partial charge >= 0.3 is 21.1 Å². The quantitative estimate of drug-likeness (QED) is 0.408. The Balaban J connectivity index is 0. The molecule has 0 aliphatic carbocycles. The largest absolute Gasteiger partial charge is 2.00 e. The van der Waals surface area contributed by atoms with Gasteiger partial charge in [0, 0.05) is 32.7 Å². The Labute approximate surface area is 166 Å². The first-order chi connectivity index (χ1) is 8.80. The van der Waals surface area contributed by atoms with Crippen molar-refractivity contribution in [1.29, 1.82) is 0 Å². The fourth-order valence-corrected chi connectivity index (χ4v) is 2.54. The SMILES string of the molecule is [CH2-]C(C(=O)OCC)N([CH2-])S(=O)(=O)c1ccc(C)cc1.[W+2].[Y]. The van der Waals surface area contributed by atoms with Crippen molar-refractivity contribution in [2.45, 2.75) is 24.8 Å². The summed E-state index contributed by atoms with van der Waals surface area (Å²) in [4.78, 5) is 11.5. The molecule has 8 heteroatoms. The van der Waals surface area contributed by atoms with Crippen LogP contribution in [0.2, 0.25) is 0 Å². The molecule has 0 spiro atoms. The summed E-state index contributed by atoms with van der Waals surface area (Å²) in [7, 11) is -0.466. The first-order valence-electron chi connectivity index (χ1n) is 5.72. The van der Waals surface area contributed by atoms with E-state index in [1.54, 1.807) is 19.1 Å². The topological polar surface area (TPSA) is 63.7 Å². The Morgan fingerprint density at radius 3 is 2.24 bits per heavy atom. The Bertz CT molecular complexity index is 548. The molecule has 21 heavy (non-hydrogen) atoms. The van der Waals surface area contributed by atoms with Crippen LogP contribution in [-0.2, 0) is 73.3 Å². The summed E-state index contributed by atoms with van der Waals surface area (Å²) in [5.74, 6) is -0.729. The summed E-state index contributed by atoms with van der Waals surface area (Å²) in [6.07, 6.45) is 0. The van der Waals surface area contributed by atoms with Gasteiger partial charge in [-0.05, 0) is 32.0 Å². The van der Waals surface area contributed by atoms with Gasteiger partial charge in [-0.15, -0.1) is 0 Å². The molecule has 0 saturated heterocycles. The van der Waals surface area contributed by atoms with Crippen LogP contribution in [0.5, 0.6) is 0 Å². The minimum atomic E-state index is -3.86. The van der Waals surface area contributed by atoms with Gasteiger partial charge in [-0.2, -0.15) is 0 Å². The Morgan fingerprint density at radius 2 is 1.81 bits per heavy atom. The average molecular weight is 556 g/mol. The van der Waals surface area contributed by atoms with Crippen LogP contribution in [0.1, 0.15) is 12.5 Å². The van der Waals surface area contributed by atoms with E-state index in [4.69, 9.17) is 4.74 Å². The zero-order valence-electron chi connectivity index (χ0n) is 12.0. The zero-order chi connectivity index (χ0) is 14.6. The van der Waals surface area contributed by atoms with Gasteiger partial charge in [-0.25, -0.2) is 8.42 Å². The van der Waals surface area contributed by atoms with Crippen molar-refractivity contribution in [3.8, 4) is 0 Å².